The highest BCUT2D eigenvalue weighted by Gasteiger charge is 2.13. The molecule has 0 saturated heterocycles. The SMILES string of the molecule is [2H]C(O)(C(=O)O)C([2H])([2H])c1ccc(O)cc1. The van der Waals surface area contributed by atoms with Gasteiger partial charge in [-0.2, -0.15) is 0 Å². The molecule has 1 aromatic rings. The third-order valence-electron chi connectivity index (χ3n) is 1.33. The van der Waals surface area contributed by atoms with Crippen LogP contribution in [-0.4, -0.2) is 27.4 Å². The number of rotatable bonds is 3. The van der Waals surface area contributed by atoms with Gasteiger partial charge in [0.15, 0.2) is 6.08 Å². The Morgan fingerprint density at radius 3 is 2.54 bits per heavy atom. The molecule has 1 unspecified atom stereocenters. The predicted molar refractivity (Wildman–Crippen MR) is 45.5 cm³/mol. The molecule has 0 aliphatic rings. The van der Waals surface area contributed by atoms with Crippen molar-refractivity contribution in [3.05, 3.63) is 29.8 Å². The molecule has 0 heterocycles. The molecule has 1 rings (SSSR count). The molecule has 0 bridgehead atoms. The topological polar surface area (TPSA) is 77.8 Å². The monoisotopic (exact) mass is 185 g/mol. The van der Waals surface area contributed by atoms with E-state index in [2.05, 4.69) is 0 Å². The molecular weight excluding hydrogens is 172 g/mol. The van der Waals surface area contributed by atoms with Gasteiger partial charge in [0.1, 0.15) is 5.75 Å². The van der Waals surface area contributed by atoms with Crippen molar-refractivity contribution in [1.29, 1.82) is 0 Å². The normalized spacial score (nSPS) is 19.3. The van der Waals surface area contributed by atoms with Crippen molar-refractivity contribution in [2.45, 2.75) is 12.5 Å². The molecule has 0 radical (unpaired) electrons. The van der Waals surface area contributed by atoms with E-state index in [0.29, 0.717) is 0 Å². The van der Waals surface area contributed by atoms with Crippen LogP contribution in [0.4, 0.5) is 0 Å². The van der Waals surface area contributed by atoms with Crippen LogP contribution in [0.1, 0.15) is 9.68 Å². The Balaban J connectivity index is 3.20. The van der Waals surface area contributed by atoms with Crippen LogP contribution >= 0.6 is 0 Å². The average Bonchev–Trinajstić information content (AvgIpc) is 2.17. The number of benzene rings is 1. The van der Waals surface area contributed by atoms with E-state index in [-0.39, 0.29) is 11.3 Å². The van der Waals surface area contributed by atoms with E-state index in [4.69, 9.17) is 14.3 Å². The number of aromatic hydroxyl groups is 1. The fraction of sp³-hybridized carbons (Fsp3) is 0.222. The second-order valence-electron chi connectivity index (χ2n) is 2.33. The lowest BCUT2D eigenvalue weighted by Crippen LogP contribution is -2.21. The number of carboxylic acids is 1. The van der Waals surface area contributed by atoms with Gasteiger partial charge in [-0.25, -0.2) is 4.79 Å². The zero-order chi connectivity index (χ0) is 12.6. The molecule has 0 aromatic heterocycles. The zero-order valence-corrected chi connectivity index (χ0v) is 6.56. The van der Waals surface area contributed by atoms with Crippen LogP contribution in [0.15, 0.2) is 24.3 Å². The molecule has 3 N–H and O–H groups in total. The molecule has 13 heavy (non-hydrogen) atoms. The molecule has 0 spiro atoms. The van der Waals surface area contributed by atoms with Crippen LogP contribution in [-0.2, 0) is 11.2 Å². The lowest BCUT2D eigenvalue weighted by molar-refractivity contribution is -0.146. The van der Waals surface area contributed by atoms with Crippen molar-refractivity contribution in [2.75, 3.05) is 0 Å². The second-order valence-corrected chi connectivity index (χ2v) is 2.33. The number of aliphatic carboxylic acids is 1. The molecule has 4 heteroatoms. The van der Waals surface area contributed by atoms with Crippen molar-refractivity contribution in [1.82, 2.24) is 0 Å². The first-order valence-electron chi connectivity index (χ1n) is 4.95. The van der Waals surface area contributed by atoms with Crippen molar-refractivity contribution < 1.29 is 24.2 Å². The maximum Gasteiger partial charge on any atom is 0.332 e. The van der Waals surface area contributed by atoms with Gasteiger partial charge in [0.05, 0.1) is 1.37 Å². The van der Waals surface area contributed by atoms with E-state index in [9.17, 15) is 9.90 Å². The molecule has 0 amide bonds. The van der Waals surface area contributed by atoms with E-state index < -0.39 is 18.4 Å². The Bertz CT molecular complexity index is 400. The molecule has 0 fully saturated rings. The molecule has 1 aromatic carbocycles. The van der Waals surface area contributed by atoms with Gasteiger partial charge < -0.3 is 15.3 Å². The largest absolute Gasteiger partial charge is 0.508 e. The summed E-state index contributed by atoms with van der Waals surface area (Å²) in [5.74, 6) is -2.10. The summed E-state index contributed by atoms with van der Waals surface area (Å²) in [5, 5.41) is 26.8. The molecule has 4 nitrogen and oxygen atoms in total. The summed E-state index contributed by atoms with van der Waals surface area (Å²) in [7, 11) is 0. The molecule has 70 valence electrons. The van der Waals surface area contributed by atoms with E-state index in [0.717, 1.165) is 24.3 Å². The lowest BCUT2D eigenvalue weighted by Gasteiger charge is -2.04. The van der Waals surface area contributed by atoms with Gasteiger partial charge in [0.25, 0.3) is 0 Å². The average molecular weight is 185 g/mol. The third kappa shape index (κ3) is 2.76. The lowest BCUT2D eigenvalue weighted by atomic mass is 10.1. The fourth-order valence-electron chi connectivity index (χ4n) is 0.735. The minimum atomic E-state index is -3.29. The standard InChI is InChI=1S/C9H10O4/c10-7-3-1-6(2-4-7)5-8(11)9(12)13/h1-4,8,10-11H,5H2,(H,12,13)/i5D2,8D. The Hall–Kier alpha value is -1.55. The van der Waals surface area contributed by atoms with Gasteiger partial charge in [-0.3, -0.25) is 0 Å². The first-order chi connectivity index (χ1) is 7.19. The summed E-state index contributed by atoms with van der Waals surface area (Å²) in [6, 6.07) is 4.51. The molecule has 0 aliphatic heterocycles. The fourth-order valence-corrected chi connectivity index (χ4v) is 0.735. The van der Waals surface area contributed by atoms with Crippen molar-refractivity contribution in [2.24, 2.45) is 0 Å². The van der Waals surface area contributed by atoms with Crippen molar-refractivity contribution in [3.63, 3.8) is 0 Å². The number of carbonyl (C=O) groups is 1. The van der Waals surface area contributed by atoms with E-state index in [1.807, 2.05) is 0 Å². The number of hydrogen-bond donors (Lipinski definition) is 3. The highest BCUT2D eigenvalue weighted by molar-refractivity contribution is 5.72. The van der Waals surface area contributed by atoms with Crippen molar-refractivity contribution >= 4 is 5.97 Å². The Morgan fingerprint density at radius 2 is 2.08 bits per heavy atom. The molecular formula is C9H10O4. The van der Waals surface area contributed by atoms with Crippen LogP contribution in [0.3, 0.4) is 0 Å². The van der Waals surface area contributed by atoms with Gasteiger partial charge in [-0.05, 0) is 17.7 Å². The Morgan fingerprint density at radius 1 is 1.54 bits per heavy atom. The smallest absolute Gasteiger partial charge is 0.332 e. The van der Waals surface area contributed by atoms with Crippen LogP contribution < -0.4 is 0 Å². The summed E-state index contributed by atoms with van der Waals surface area (Å²) in [5.41, 5.74) is -0.204. The number of hydrogen-bond acceptors (Lipinski definition) is 3. The maximum atomic E-state index is 10.6. The number of phenols is 1. The minimum absolute atomic E-state index is 0.122. The van der Waals surface area contributed by atoms with E-state index in [1.54, 1.807) is 0 Å². The zero-order valence-electron chi connectivity index (χ0n) is 9.56. The van der Waals surface area contributed by atoms with Crippen LogP contribution in [0, 0.1) is 0 Å². The summed E-state index contributed by atoms with van der Waals surface area (Å²) < 4.78 is 22.0. The summed E-state index contributed by atoms with van der Waals surface area (Å²) in [6.07, 6.45) is -6.07. The quantitative estimate of drug-likeness (QED) is 0.636. The van der Waals surface area contributed by atoms with Gasteiger partial charge in [-0.1, -0.05) is 12.1 Å². The molecule has 0 saturated carbocycles. The van der Waals surface area contributed by atoms with Crippen LogP contribution in [0.5, 0.6) is 5.75 Å². The van der Waals surface area contributed by atoms with Gasteiger partial charge in [-0.15, -0.1) is 0 Å². The summed E-state index contributed by atoms with van der Waals surface area (Å²) in [6.45, 7) is 0. The van der Waals surface area contributed by atoms with Crippen LogP contribution in [0.2, 0.25) is 0 Å². The van der Waals surface area contributed by atoms with Crippen molar-refractivity contribution in [3.8, 4) is 5.75 Å². The van der Waals surface area contributed by atoms with Gasteiger partial charge in [0.2, 0.25) is 0 Å². The maximum absolute atomic E-state index is 10.6. The molecule has 1 atom stereocenters. The molecule has 0 aliphatic carbocycles. The predicted octanol–water partition coefficient (Wildman–Crippen LogP) is 0.380. The second kappa shape index (κ2) is 3.91. The highest BCUT2D eigenvalue weighted by atomic mass is 16.4. The number of carboxylic acid groups (broad SMARTS) is 1. The summed E-state index contributed by atoms with van der Waals surface area (Å²) >= 11 is 0. The number of phenolic OH excluding ortho intramolecular Hbond substituents is 1. The Labute approximate surface area is 79.3 Å². The van der Waals surface area contributed by atoms with E-state index in [1.165, 1.54) is 0 Å². The minimum Gasteiger partial charge on any atom is -0.508 e. The first-order valence-corrected chi connectivity index (χ1v) is 3.45. The Kier molecular flexibility index (Phi) is 1.80. The highest BCUT2D eigenvalue weighted by Crippen LogP contribution is 2.11. The van der Waals surface area contributed by atoms with E-state index >= 15 is 0 Å². The van der Waals surface area contributed by atoms with Crippen LogP contribution in [0.25, 0.3) is 0 Å². The van der Waals surface area contributed by atoms with Gasteiger partial charge in [0, 0.05) is 9.11 Å². The third-order valence-corrected chi connectivity index (χ3v) is 1.33. The number of aliphatic hydroxyl groups is 1. The first kappa shape index (κ1) is 5.99. The van der Waals surface area contributed by atoms with Gasteiger partial charge >= 0.3 is 5.97 Å². The summed E-state index contributed by atoms with van der Waals surface area (Å²) in [4.78, 5) is 10.6.